The lowest BCUT2D eigenvalue weighted by molar-refractivity contribution is 0.465. The molecule has 0 aliphatic carbocycles. The number of benzene rings is 1. The van der Waals surface area contributed by atoms with Crippen molar-refractivity contribution < 1.29 is 9.52 Å². The molecule has 0 amide bonds. The molecule has 2 aromatic rings. The summed E-state index contributed by atoms with van der Waals surface area (Å²) < 4.78 is 6.16. The lowest BCUT2D eigenvalue weighted by Crippen LogP contribution is -1.71. The molecule has 1 heterocycles. The van der Waals surface area contributed by atoms with Gasteiger partial charge in [-0.3, -0.25) is 0 Å². The zero-order chi connectivity index (χ0) is 7.84. The monoisotopic (exact) mass is 260 g/mol. The Morgan fingerprint density at radius 1 is 1.27 bits per heavy atom. The van der Waals surface area contributed by atoms with E-state index in [0.717, 1.165) is 8.96 Å². The Bertz CT molecular complexity index is 356. The van der Waals surface area contributed by atoms with E-state index < -0.39 is 0 Å². The van der Waals surface area contributed by atoms with E-state index in [1.54, 1.807) is 12.3 Å². The molecule has 3 heteroatoms. The summed E-state index contributed by atoms with van der Waals surface area (Å²) in [4.78, 5) is 0. The van der Waals surface area contributed by atoms with Crippen LogP contribution in [0.25, 0.3) is 11.0 Å². The molecule has 0 saturated heterocycles. The summed E-state index contributed by atoms with van der Waals surface area (Å²) in [5.74, 6) is 0.199. The van der Waals surface area contributed by atoms with Crippen molar-refractivity contribution in [1.82, 2.24) is 0 Å². The highest BCUT2D eigenvalue weighted by atomic mass is 127. The Kier molecular flexibility index (Phi) is 1.52. The van der Waals surface area contributed by atoms with E-state index in [0.29, 0.717) is 5.58 Å². The van der Waals surface area contributed by atoms with E-state index in [1.165, 1.54) is 0 Å². The second-order valence-electron chi connectivity index (χ2n) is 2.23. The molecule has 56 valence electrons. The van der Waals surface area contributed by atoms with Crippen LogP contribution < -0.4 is 0 Å². The maximum absolute atomic E-state index is 9.29. The lowest BCUT2D eigenvalue weighted by atomic mass is 10.2. The van der Waals surface area contributed by atoms with Crippen molar-refractivity contribution in [3.05, 3.63) is 28.0 Å². The molecular formula is C8H5IO2. The van der Waals surface area contributed by atoms with Gasteiger partial charge in [-0.2, -0.15) is 0 Å². The summed E-state index contributed by atoms with van der Waals surface area (Å²) in [5, 5.41) is 10.3. The third-order valence-electron chi connectivity index (χ3n) is 1.54. The zero-order valence-electron chi connectivity index (χ0n) is 5.54. The van der Waals surface area contributed by atoms with Crippen LogP contribution in [-0.2, 0) is 0 Å². The number of hydrogen-bond acceptors (Lipinski definition) is 2. The highest BCUT2D eigenvalue weighted by Crippen LogP contribution is 2.28. The Labute approximate surface area is 77.0 Å². The number of fused-ring (bicyclic) bond motifs is 1. The number of phenols is 1. The van der Waals surface area contributed by atoms with Crippen LogP contribution in [0.3, 0.4) is 0 Å². The highest BCUT2D eigenvalue weighted by Gasteiger charge is 2.04. The molecule has 11 heavy (non-hydrogen) atoms. The smallest absolute Gasteiger partial charge is 0.176 e. The quantitative estimate of drug-likeness (QED) is 0.739. The van der Waals surface area contributed by atoms with Crippen LogP contribution in [0.5, 0.6) is 5.75 Å². The average molecular weight is 260 g/mol. The average Bonchev–Trinajstić information content (AvgIpc) is 2.45. The van der Waals surface area contributed by atoms with Crippen molar-refractivity contribution >= 4 is 33.6 Å². The molecule has 1 aromatic carbocycles. The molecule has 2 rings (SSSR count). The number of rotatable bonds is 0. The summed E-state index contributed by atoms with van der Waals surface area (Å²) in [6.45, 7) is 0. The minimum Gasteiger partial charge on any atom is -0.504 e. The number of phenolic OH excluding ortho intramolecular Hbond substituents is 1. The number of aromatic hydroxyl groups is 1. The van der Waals surface area contributed by atoms with Gasteiger partial charge in [-0.1, -0.05) is 0 Å². The third-order valence-corrected chi connectivity index (χ3v) is 2.48. The molecule has 0 unspecified atom stereocenters. The van der Waals surface area contributed by atoms with Crippen LogP contribution in [0.15, 0.2) is 28.9 Å². The zero-order valence-corrected chi connectivity index (χ0v) is 7.70. The molecule has 0 radical (unpaired) electrons. The predicted octanol–water partition coefficient (Wildman–Crippen LogP) is 2.74. The topological polar surface area (TPSA) is 33.4 Å². The van der Waals surface area contributed by atoms with Crippen LogP contribution in [0.4, 0.5) is 0 Å². The first-order valence-corrected chi connectivity index (χ1v) is 4.21. The van der Waals surface area contributed by atoms with Gasteiger partial charge in [0.15, 0.2) is 11.3 Å². The Balaban J connectivity index is 2.96. The second kappa shape index (κ2) is 2.41. The van der Waals surface area contributed by atoms with Crippen LogP contribution in [0.1, 0.15) is 0 Å². The summed E-state index contributed by atoms with van der Waals surface area (Å²) >= 11 is 2.20. The van der Waals surface area contributed by atoms with Gasteiger partial charge in [-0.15, -0.1) is 0 Å². The van der Waals surface area contributed by atoms with Gasteiger partial charge >= 0.3 is 0 Å². The normalized spacial score (nSPS) is 10.6. The molecule has 0 aliphatic heterocycles. The molecule has 0 fully saturated rings. The highest BCUT2D eigenvalue weighted by molar-refractivity contribution is 14.1. The first-order valence-electron chi connectivity index (χ1n) is 3.14. The largest absolute Gasteiger partial charge is 0.504 e. The van der Waals surface area contributed by atoms with Crippen molar-refractivity contribution in [3.63, 3.8) is 0 Å². The maximum atomic E-state index is 9.29. The number of halogens is 1. The molecule has 0 aliphatic rings. The molecule has 2 nitrogen and oxygen atoms in total. The van der Waals surface area contributed by atoms with Crippen LogP contribution in [0, 0.1) is 3.57 Å². The molecule has 0 bridgehead atoms. The molecule has 1 N–H and O–H groups in total. The van der Waals surface area contributed by atoms with Gasteiger partial charge < -0.3 is 9.52 Å². The predicted molar refractivity (Wildman–Crippen MR) is 50.6 cm³/mol. The Hall–Kier alpha value is -0.710. The van der Waals surface area contributed by atoms with Crippen molar-refractivity contribution in [1.29, 1.82) is 0 Å². The molecule has 0 atom stereocenters. The van der Waals surface area contributed by atoms with E-state index in [-0.39, 0.29) is 5.75 Å². The van der Waals surface area contributed by atoms with Crippen molar-refractivity contribution in [3.8, 4) is 5.75 Å². The molecule has 0 saturated carbocycles. The minimum atomic E-state index is 0.199. The fourth-order valence-corrected chi connectivity index (χ4v) is 1.62. The van der Waals surface area contributed by atoms with Gasteiger partial charge in [0, 0.05) is 8.96 Å². The van der Waals surface area contributed by atoms with Crippen LogP contribution in [0.2, 0.25) is 0 Å². The number of hydrogen-bond donors (Lipinski definition) is 1. The first kappa shape index (κ1) is 6.97. The molecule has 1 aromatic heterocycles. The van der Waals surface area contributed by atoms with E-state index in [2.05, 4.69) is 22.6 Å². The fraction of sp³-hybridized carbons (Fsp3) is 0. The summed E-state index contributed by atoms with van der Waals surface area (Å²) in [6.07, 6.45) is 1.58. The van der Waals surface area contributed by atoms with Gasteiger partial charge in [0.05, 0.1) is 6.26 Å². The van der Waals surface area contributed by atoms with E-state index in [9.17, 15) is 5.11 Å². The second-order valence-corrected chi connectivity index (χ2v) is 3.39. The van der Waals surface area contributed by atoms with Crippen molar-refractivity contribution in [2.24, 2.45) is 0 Å². The van der Waals surface area contributed by atoms with Gasteiger partial charge in [0.25, 0.3) is 0 Å². The third kappa shape index (κ3) is 0.994. The first-order chi connectivity index (χ1) is 5.29. The lowest BCUT2D eigenvalue weighted by Gasteiger charge is -1.94. The summed E-state index contributed by atoms with van der Waals surface area (Å²) in [6, 6.07) is 5.33. The fourth-order valence-electron chi connectivity index (χ4n) is 1.01. The van der Waals surface area contributed by atoms with Gasteiger partial charge in [-0.05, 0) is 40.8 Å². The number of furan rings is 1. The van der Waals surface area contributed by atoms with E-state index >= 15 is 0 Å². The summed E-state index contributed by atoms with van der Waals surface area (Å²) in [7, 11) is 0. The minimum absolute atomic E-state index is 0.199. The van der Waals surface area contributed by atoms with Crippen molar-refractivity contribution in [2.45, 2.75) is 0 Å². The van der Waals surface area contributed by atoms with Crippen molar-refractivity contribution in [2.75, 3.05) is 0 Å². The molecular weight excluding hydrogens is 255 g/mol. The standard InChI is InChI=1S/C8H5IO2/c9-6-1-2-7(10)8-5(6)3-4-11-8/h1-4,10H. The van der Waals surface area contributed by atoms with Crippen LogP contribution in [-0.4, -0.2) is 5.11 Å². The molecule has 0 spiro atoms. The summed E-state index contributed by atoms with van der Waals surface area (Å²) in [5.41, 5.74) is 0.567. The van der Waals surface area contributed by atoms with Gasteiger partial charge in [0.1, 0.15) is 0 Å². The maximum Gasteiger partial charge on any atom is 0.176 e. The SMILES string of the molecule is Oc1ccc(I)c2ccoc12. The van der Waals surface area contributed by atoms with Gasteiger partial charge in [-0.25, -0.2) is 0 Å². The van der Waals surface area contributed by atoms with E-state index in [4.69, 9.17) is 4.42 Å². The van der Waals surface area contributed by atoms with Gasteiger partial charge in [0.2, 0.25) is 0 Å². The Morgan fingerprint density at radius 2 is 2.09 bits per heavy atom. The Morgan fingerprint density at radius 3 is 2.82 bits per heavy atom. The van der Waals surface area contributed by atoms with Crippen LogP contribution >= 0.6 is 22.6 Å². The van der Waals surface area contributed by atoms with E-state index in [1.807, 2.05) is 12.1 Å².